The van der Waals surface area contributed by atoms with Gasteiger partial charge in [-0.1, -0.05) is 12.8 Å². The van der Waals surface area contributed by atoms with Gasteiger partial charge in [-0.15, -0.1) is 0 Å². The number of rotatable bonds is 4. The third-order valence-corrected chi connectivity index (χ3v) is 4.06. The van der Waals surface area contributed by atoms with Crippen molar-refractivity contribution >= 4 is 5.97 Å². The molecule has 1 unspecified atom stereocenters. The monoisotopic (exact) mass is 240 g/mol. The molecule has 2 rings (SSSR count). The van der Waals surface area contributed by atoms with Crippen LogP contribution in [0.15, 0.2) is 0 Å². The first-order chi connectivity index (χ1) is 8.16. The maximum absolute atomic E-state index is 11.9. The number of ether oxygens (including phenoxy) is 1. The van der Waals surface area contributed by atoms with Gasteiger partial charge in [0.2, 0.25) is 0 Å². The largest absolute Gasteiger partial charge is 0.468 e. The number of hydrogen-bond acceptors (Lipinski definition) is 4. The summed E-state index contributed by atoms with van der Waals surface area (Å²) in [5.41, 5.74) is 5.56. The van der Waals surface area contributed by atoms with Crippen molar-refractivity contribution in [3.8, 4) is 0 Å². The molecule has 4 nitrogen and oxygen atoms in total. The molecule has 1 saturated carbocycles. The maximum atomic E-state index is 11.9. The summed E-state index contributed by atoms with van der Waals surface area (Å²) in [4.78, 5) is 14.3. The van der Waals surface area contributed by atoms with E-state index in [1.807, 2.05) is 0 Å². The molecule has 0 aromatic rings. The smallest absolute Gasteiger partial charge is 0.327 e. The predicted octanol–water partition coefficient (Wildman–Crippen LogP) is 1.14. The van der Waals surface area contributed by atoms with E-state index >= 15 is 0 Å². The third-order valence-electron chi connectivity index (χ3n) is 4.06. The molecule has 1 aliphatic heterocycles. The average molecular weight is 240 g/mol. The molecule has 1 atom stereocenters. The highest BCUT2D eigenvalue weighted by Gasteiger charge is 2.49. The molecule has 0 radical (unpaired) electrons. The van der Waals surface area contributed by atoms with Crippen molar-refractivity contribution in [3.05, 3.63) is 0 Å². The Hall–Kier alpha value is -0.610. The molecule has 0 spiro atoms. The highest BCUT2D eigenvalue weighted by Crippen LogP contribution is 2.39. The van der Waals surface area contributed by atoms with Crippen LogP contribution >= 0.6 is 0 Å². The van der Waals surface area contributed by atoms with Crippen LogP contribution in [0.25, 0.3) is 0 Å². The van der Waals surface area contributed by atoms with E-state index in [-0.39, 0.29) is 5.97 Å². The lowest BCUT2D eigenvalue weighted by atomic mass is 9.93. The number of carbonyl (C=O) groups is 1. The Kier molecular flexibility index (Phi) is 4.05. The number of methoxy groups -OCH3 is 1. The van der Waals surface area contributed by atoms with E-state index in [1.165, 1.54) is 32.8 Å². The number of esters is 1. The van der Waals surface area contributed by atoms with E-state index in [4.69, 9.17) is 10.5 Å². The normalized spacial score (nSPS) is 26.0. The van der Waals surface area contributed by atoms with Gasteiger partial charge in [0.25, 0.3) is 0 Å². The topological polar surface area (TPSA) is 55.6 Å². The molecule has 4 heteroatoms. The second-order valence-corrected chi connectivity index (χ2v) is 5.50. The fraction of sp³-hybridized carbons (Fsp3) is 0.923. The van der Waals surface area contributed by atoms with E-state index in [2.05, 4.69) is 4.90 Å². The Morgan fingerprint density at radius 3 is 2.35 bits per heavy atom. The van der Waals surface area contributed by atoms with Crippen molar-refractivity contribution < 1.29 is 9.53 Å². The SMILES string of the molecule is COC(=O)C(N)(CN1CCCCCC1)C1CC1. The van der Waals surface area contributed by atoms with E-state index in [0.29, 0.717) is 12.5 Å². The summed E-state index contributed by atoms with van der Waals surface area (Å²) in [5.74, 6) is 0.0995. The Morgan fingerprint density at radius 2 is 1.88 bits per heavy atom. The zero-order valence-electron chi connectivity index (χ0n) is 10.8. The molecular formula is C13H24N2O2. The van der Waals surface area contributed by atoms with Crippen LogP contribution in [0.1, 0.15) is 38.5 Å². The molecule has 0 amide bonds. The first-order valence-electron chi connectivity index (χ1n) is 6.76. The van der Waals surface area contributed by atoms with Gasteiger partial charge in [-0.3, -0.25) is 4.79 Å². The first kappa shape index (κ1) is 12.8. The minimum absolute atomic E-state index is 0.232. The Bertz CT molecular complexity index is 271. The van der Waals surface area contributed by atoms with Crippen LogP contribution in [0.2, 0.25) is 0 Å². The molecule has 2 aliphatic rings. The van der Waals surface area contributed by atoms with Crippen molar-refractivity contribution in [1.29, 1.82) is 0 Å². The number of hydrogen-bond donors (Lipinski definition) is 1. The highest BCUT2D eigenvalue weighted by molar-refractivity contribution is 5.81. The van der Waals surface area contributed by atoms with E-state index in [0.717, 1.165) is 25.9 Å². The van der Waals surface area contributed by atoms with Gasteiger partial charge in [0.05, 0.1) is 7.11 Å². The number of likely N-dealkylation sites (tertiary alicyclic amines) is 1. The summed E-state index contributed by atoms with van der Waals surface area (Å²) in [7, 11) is 1.44. The van der Waals surface area contributed by atoms with Gasteiger partial charge in [0, 0.05) is 6.54 Å². The van der Waals surface area contributed by atoms with E-state index in [9.17, 15) is 4.79 Å². The second kappa shape index (κ2) is 5.36. The van der Waals surface area contributed by atoms with Gasteiger partial charge < -0.3 is 15.4 Å². The molecule has 0 aromatic heterocycles. The van der Waals surface area contributed by atoms with E-state index < -0.39 is 5.54 Å². The fourth-order valence-corrected chi connectivity index (χ4v) is 2.81. The number of nitrogens with zero attached hydrogens (tertiary/aromatic N) is 1. The molecule has 1 heterocycles. The van der Waals surface area contributed by atoms with Gasteiger partial charge >= 0.3 is 5.97 Å². The molecule has 0 bridgehead atoms. The van der Waals surface area contributed by atoms with Crippen LogP contribution in [0, 0.1) is 5.92 Å². The van der Waals surface area contributed by atoms with E-state index in [1.54, 1.807) is 0 Å². The van der Waals surface area contributed by atoms with Crippen molar-refractivity contribution in [1.82, 2.24) is 4.90 Å². The van der Waals surface area contributed by atoms with Gasteiger partial charge in [0.1, 0.15) is 5.54 Å². The van der Waals surface area contributed by atoms with Gasteiger partial charge in [-0.2, -0.15) is 0 Å². The van der Waals surface area contributed by atoms with Crippen molar-refractivity contribution in [2.45, 2.75) is 44.1 Å². The average Bonchev–Trinajstić information content (AvgIpc) is 3.14. The maximum Gasteiger partial charge on any atom is 0.327 e. The lowest BCUT2D eigenvalue weighted by Gasteiger charge is -2.32. The first-order valence-corrected chi connectivity index (χ1v) is 6.76. The van der Waals surface area contributed by atoms with Crippen LogP contribution in [-0.4, -0.2) is 43.2 Å². The number of carbonyl (C=O) groups excluding carboxylic acids is 1. The summed E-state index contributed by atoms with van der Waals surface area (Å²) in [5, 5.41) is 0. The molecular weight excluding hydrogens is 216 g/mol. The quantitative estimate of drug-likeness (QED) is 0.749. The zero-order chi connectivity index (χ0) is 12.3. The Morgan fingerprint density at radius 1 is 1.29 bits per heavy atom. The minimum atomic E-state index is -0.765. The summed E-state index contributed by atoms with van der Waals surface area (Å²) in [6.07, 6.45) is 7.19. The second-order valence-electron chi connectivity index (χ2n) is 5.50. The Labute approximate surface area is 103 Å². The molecule has 1 saturated heterocycles. The molecule has 2 N–H and O–H groups in total. The minimum Gasteiger partial charge on any atom is -0.468 e. The molecule has 98 valence electrons. The zero-order valence-corrected chi connectivity index (χ0v) is 10.8. The lowest BCUT2D eigenvalue weighted by Crippen LogP contribution is -2.58. The summed E-state index contributed by atoms with van der Waals surface area (Å²) in [6.45, 7) is 2.82. The van der Waals surface area contributed by atoms with Crippen LogP contribution < -0.4 is 5.73 Å². The van der Waals surface area contributed by atoms with Gasteiger partial charge in [-0.05, 0) is 44.7 Å². The van der Waals surface area contributed by atoms with Gasteiger partial charge in [-0.25, -0.2) is 0 Å². The van der Waals surface area contributed by atoms with Crippen molar-refractivity contribution in [3.63, 3.8) is 0 Å². The summed E-state index contributed by atoms with van der Waals surface area (Å²) in [6, 6.07) is 0. The van der Waals surface area contributed by atoms with Crippen LogP contribution in [0.3, 0.4) is 0 Å². The summed E-state index contributed by atoms with van der Waals surface area (Å²) < 4.78 is 4.90. The molecule has 0 aromatic carbocycles. The number of nitrogens with two attached hydrogens (primary N) is 1. The summed E-state index contributed by atoms with van der Waals surface area (Å²) >= 11 is 0. The molecule has 2 fully saturated rings. The van der Waals surface area contributed by atoms with Crippen molar-refractivity contribution in [2.75, 3.05) is 26.7 Å². The lowest BCUT2D eigenvalue weighted by molar-refractivity contribution is -0.148. The predicted molar refractivity (Wildman–Crippen MR) is 66.6 cm³/mol. The molecule has 17 heavy (non-hydrogen) atoms. The van der Waals surface area contributed by atoms with Crippen LogP contribution in [0.5, 0.6) is 0 Å². The van der Waals surface area contributed by atoms with Gasteiger partial charge in [0.15, 0.2) is 0 Å². The standard InChI is InChI=1S/C13H24N2O2/c1-17-12(16)13(14,11-6-7-11)10-15-8-4-2-3-5-9-15/h11H,2-10,14H2,1H3. The van der Waals surface area contributed by atoms with Crippen molar-refractivity contribution in [2.24, 2.45) is 11.7 Å². The Balaban J connectivity index is 1.98. The fourth-order valence-electron chi connectivity index (χ4n) is 2.81. The van der Waals surface area contributed by atoms with Crippen LogP contribution in [-0.2, 0) is 9.53 Å². The highest BCUT2D eigenvalue weighted by atomic mass is 16.5. The van der Waals surface area contributed by atoms with Crippen LogP contribution in [0.4, 0.5) is 0 Å². The third kappa shape index (κ3) is 2.99. The molecule has 1 aliphatic carbocycles.